The molecule has 0 radical (unpaired) electrons. The molecule has 1 atom stereocenters. The lowest BCUT2D eigenvalue weighted by Crippen LogP contribution is -2.46. The number of ether oxygens (including phenoxy) is 2. The van der Waals surface area contributed by atoms with Gasteiger partial charge in [0.25, 0.3) is 5.91 Å². The third-order valence-electron chi connectivity index (χ3n) is 6.91. The number of aliphatic hydroxyl groups is 1. The Balaban J connectivity index is 1.28. The van der Waals surface area contributed by atoms with Gasteiger partial charge in [-0.3, -0.25) is 19.7 Å². The van der Waals surface area contributed by atoms with Crippen molar-refractivity contribution in [2.24, 2.45) is 0 Å². The molecule has 4 rings (SSSR count). The van der Waals surface area contributed by atoms with Gasteiger partial charge in [0.15, 0.2) is 0 Å². The Kier molecular flexibility index (Phi) is 8.96. The summed E-state index contributed by atoms with van der Waals surface area (Å²) in [5.74, 6) is -0.0697. The fourth-order valence-corrected chi connectivity index (χ4v) is 4.77. The van der Waals surface area contributed by atoms with Gasteiger partial charge < -0.3 is 24.4 Å². The Morgan fingerprint density at radius 1 is 1.08 bits per heavy atom. The second-order valence-electron chi connectivity index (χ2n) is 11.0. The van der Waals surface area contributed by atoms with Gasteiger partial charge in [0.2, 0.25) is 0 Å². The van der Waals surface area contributed by atoms with E-state index in [-0.39, 0.29) is 24.7 Å². The summed E-state index contributed by atoms with van der Waals surface area (Å²) < 4.78 is 10.9. The average Bonchev–Trinajstić information content (AvgIpc) is 2.92. The molecule has 0 spiro atoms. The van der Waals surface area contributed by atoms with Gasteiger partial charge in [-0.1, -0.05) is 12.1 Å². The third kappa shape index (κ3) is 7.27. The highest BCUT2D eigenvalue weighted by Crippen LogP contribution is 2.21. The fraction of sp³-hybridized carbons (Fsp3) is 0.571. The zero-order valence-electron chi connectivity index (χ0n) is 22.8. The van der Waals surface area contributed by atoms with Crippen molar-refractivity contribution in [3.05, 3.63) is 47.9 Å². The van der Waals surface area contributed by atoms with Crippen molar-refractivity contribution in [2.75, 3.05) is 46.4 Å². The van der Waals surface area contributed by atoms with Gasteiger partial charge in [-0.2, -0.15) is 0 Å². The third-order valence-corrected chi connectivity index (χ3v) is 6.91. The number of aromatic nitrogens is 2. The SMILES string of the molecule is CN(Cc1cnc(-c2ccc(C(=O)N3CCOC(CO)C3)cc2)cn1)C1CCN(C(=O)OC(C)(C)C)CC1. The lowest BCUT2D eigenvalue weighted by molar-refractivity contribution is -0.0447. The van der Waals surface area contributed by atoms with Crippen molar-refractivity contribution in [3.63, 3.8) is 0 Å². The van der Waals surface area contributed by atoms with Gasteiger partial charge in [0.1, 0.15) is 5.60 Å². The first kappa shape index (κ1) is 27.9. The van der Waals surface area contributed by atoms with Crippen molar-refractivity contribution in [1.29, 1.82) is 0 Å². The smallest absolute Gasteiger partial charge is 0.410 e. The number of aliphatic hydroxyl groups excluding tert-OH is 1. The normalized spacial score (nSPS) is 19.1. The van der Waals surface area contributed by atoms with E-state index < -0.39 is 5.60 Å². The lowest BCUT2D eigenvalue weighted by Gasteiger charge is -2.37. The predicted molar refractivity (Wildman–Crippen MR) is 142 cm³/mol. The van der Waals surface area contributed by atoms with Crippen molar-refractivity contribution in [1.82, 2.24) is 24.7 Å². The van der Waals surface area contributed by atoms with Crippen LogP contribution in [0.3, 0.4) is 0 Å². The summed E-state index contributed by atoms with van der Waals surface area (Å²) in [6.07, 6.45) is 4.76. The molecule has 1 aromatic heterocycles. The second-order valence-corrected chi connectivity index (χ2v) is 11.0. The molecule has 206 valence electrons. The highest BCUT2D eigenvalue weighted by molar-refractivity contribution is 5.94. The summed E-state index contributed by atoms with van der Waals surface area (Å²) >= 11 is 0. The first-order valence-corrected chi connectivity index (χ1v) is 13.2. The standard InChI is InChI=1S/C28H39N5O5/c1-28(2,3)38-27(36)32-11-9-23(10-12-32)31(4)17-22-15-30-25(16-29-22)20-5-7-21(8-6-20)26(35)33-13-14-37-24(18-33)19-34/h5-8,15-16,23-24,34H,9-14,17-19H2,1-4H3. The molecule has 1 N–H and O–H groups in total. The Labute approximate surface area is 224 Å². The molecule has 3 heterocycles. The van der Waals surface area contributed by atoms with E-state index in [1.165, 1.54) is 0 Å². The Morgan fingerprint density at radius 3 is 2.39 bits per heavy atom. The number of carbonyl (C=O) groups excluding carboxylic acids is 2. The maximum atomic E-state index is 12.8. The van der Waals surface area contributed by atoms with Gasteiger partial charge in [0, 0.05) is 49.9 Å². The molecule has 10 heteroatoms. The molecular formula is C28H39N5O5. The van der Waals surface area contributed by atoms with E-state index in [4.69, 9.17) is 9.47 Å². The molecule has 0 bridgehead atoms. The van der Waals surface area contributed by atoms with Gasteiger partial charge in [-0.15, -0.1) is 0 Å². The number of likely N-dealkylation sites (tertiary alicyclic amines) is 1. The first-order valence-electron chi connectivity index (χ1n) is 13.2. The maximum Gasteiger partial charge on any atom is 0.410 e. The van der Waals surface area contributed by atoms with Crippen LogP contribution >= 0.6 is 0 Å². The average molecular weight is 526 g/mol. The fourth-order valence-electron chi connectivity index (χ4n) is 4.77. The molecular weight excluding hydrogens is 486 g/mol. The molecule has 2 amide bonds. The van der Waals surface area contributed by atoms with E-state index in [0.29, 0.717) is 50.9 Å². The molecule has 0 saturated carbocycles. The van der Waals surface area contributed by atoms with E-state index in [0.717, 1.165) is 29.8 Å². The highest BCUT2D eigenvalue weighted by Gasteiger charge is 2.29. The van der Waals surface area contributed by atoms with Crippen molar-refractivity contribution >= 4 is 12.0 Å². The van der Waals surface area contributed by atoms with Crippen LogP contribution in [0.2, 0.25) is 0 Å². The van der Waals surface area contributed by atoms with Crippen LogP contribution in [0.15, 0.2) is 36.7 Å². The van der Waals surface area contributed by atoms with Crippen LogP contribution in [0.1, 0.15) is 49.7 Å². The molecule has 0 aliphatic carbocycles. The van der Waals surface area contributed by atoms with E-state index in [2.05, 4.69) is 21.9 Å². The summed E-state index contributed by atoms with van der Waals surface area (Å²) in [7, 11) is 2.08. The molecule has 38 heavy (non-hydrogen) atoms. The van der Waals surface area contributed by atoms with E-state index >= 15 is 0 Å². The summed E-state index contributed by atoms with van der Waals surface area (Å²) in [4.78, 5) is 40.1. The topological polar surface area (TPSA) is 108 Å². The van der Waals surface area contributed by atoms with E-state index in [1.807, 2.05) is 32.9 Å². The Morgan fingerprint density at radius 2 is 1.79 bits per heavy atom. The van der Waals surface area contributed by atoms with Gasteiger partial charge in [0.05, 0.1) is 43.1 Å². The van der Waals surface area contributed by atoms with Crippen LogP contribution in [-0.4, -0.2) is 106 Å². The van der Waals surface area contributed by atoms with Gasteiger partial charge in [-0.25, -0.2) is 4.79 Å². The monoisotopic (exact) mass is 525 g/mol. The number of rotatable bonds is 6. The zero-order valence-corrected chi connectivity index (χ0v) is 22.8. The number of morpholine rings is 1. The van der Waals surface area contributed by atoms with Gasteiger partial charge in [-0.05, 0) is 52.8 Å². The minimum atomic E-state index is -0.483. The first-order chi connectivity index (χ1) is 18.1. The Bertz CT molecular complexity index is 1080. The van der Waals surface area contributed by atoms with Crippen LogP contribution in [0.5, 0.6) is 0 Å². The number of nitrogens with zero attached hydrogens (tertiary/aromatic N) is 5. The molecule has 1 unspecified atom stereocenters. The molecule has 2 fully saturated rings. The van der Waals surface area contributed by atoms with Crippen molar-refractivity contribution in [3.8, 4) is 11.3 Å². The number of carbonyl (C=O) groups is 2. The number of hydrogen-bond acceptors (Lipinski definition) is 8. The Hall–Kier alpha value is -3.08. The molecule has 1 aromatic carbocycles. The molecule has 2 aliphatic rings. The lowest BCUT2D eigenvalue weighted by atomic mass is 10.0. The summed E-state index contributed by atoms with van der Waals surface area (Å²) in [6, 6.07) is 7.72. The predicted octanol–water partition coefficient (Wildman–Crippen LogP) is 2.81. The van der Waals surface area contributed by atoms with E-state index in [1.54, 1.807) is 34.3 Å². The number of amides is 2. The summed E-state index contributed by atoms with van der Waals surface area (Å²) in [5.41, 5.74) is 2.62. The minimum Gasteiger partial charge on any atom is -0.444 e. The number of hydrogen-bond donors (Lipinski definition) is 1. The maximum absolute atomic E-state index is 12.8. The van der Waals surface area contributed by atoms with E-state index in [9.17, 15) is 14.7 Å². The van der Waals surface area contributed by atoms with Crippen LogP contribution in [0, 0.1) is 0 Å². The molecule has 2 aromatic rings. The highest BCUT2D eigenvalue weighted by atomic mass is 16.6. The van der Waals surface area contributed by atoms with Crippen LogP contribution in [0.4, 0.5) is 4.79 Å². The molecule has 10 nitrogen and oxygen atoms in total. The van der Waals surface area contributed by atoms with Crippen LogP contribution in [-0.2, 0) is 16.0 Å². The van der Waals surface area contributed by atoms with Crippen molar-refractivity contribution < 1.29 is 24.2 Å². The minimum absolute atomic E-state index is 0.0697. The summed E-state index contributed by atoms with van der Waals surface area (Å²) in [5, 5.41) is 9.32. The number of benzene rings is 1. The van der Waals surface area contributed by atoms with Crippen molar-refractivity contribution in [2.45, 2.75) is 57.9 Å². The molecule has 2 aliphatic heterocycles. The van der Waals surface area contributed by atoms with Gasteiger partial charge >= 0.3 is 6.09 Å². The summed E-state index contributed by atoms with van der Waals surface area (Å²) in [6.45, 7) is 8.92. The quantitative estimate of drug-likeness (QED) is 0.614. The van der Waals surface area contributed by atoms with Crippen LogP contribution < -0.4 is 0 Å². The largest absolute Gasteiger partial charge is 0.444 e. The molecule has 2 saturated heterocycles. The number of piperidine rings is 1. The van der Waals surface area contributed by atoms with Crippen LogP contribution in [0.25, 0.3) is 11.3 Å². The second kappa shape index (κ2) is 12.2. The zero-order chi connectivity index (χ0) is 27.3.